The molecule has 0 aromatic heterocycles. The molecule has 0 unspecified atom stereocenters. The summed E-state index contributed by atoms with van der Waals surface area (Å²) in [5.74, 6) is 3.63. The number of phenols is 1. The van der Waals surface area contributed by atoms with Crippen molar-refractivity contribution in [3.05, 3.63) is 64.7 Å². The van der Waals surface area contributed by atoms with Gasteiger partial charge in [0.15, 0.2) is 25.0 Å². The molecule has 0 saturated carbocycles. The van der Waals surface area contributed by atoms with Gasteiger partial charge in [-0.15, -0.1) is 12.3 Å². The second kappa shape index (κ2) is 14.9. The van der Waals surface area contributed by atoms with Gasteiger partial charge in [0.05, 0.1) is 12.2 Å². The van der Waals surface area contributed by atoms with Crippen LogP contribution in [0.25, 0.3) is 6.08 Å². The second-order valence-electron chi connectivity index (χ2n) is 9.41. The van der Waals surface area contributed by atoms with Gasteiger partial charge >= 0.3 is 0 Å². The number of hydrogen-bond acceptors (Lipinski definition) is 9. The van der Waals surface area contributed by atoms with E-state index in [4.69, 9.17) is 30.1 Å². The number of methoxy groups -OCH3 is 2. The number of carbonyl (C=O) groups excluding carboxylic acids is 1. The van der Waals surface area contributed by atoms with Crippen LogP contribution in [0.3, 0.4) is 0 Å². The van der Waals surface area contributed by atoms with Crippen LogP contribution < -0.4 is 14.2 Å². The van der Waals surface area contributed by atoms with Gasteiger partial charge in [0.25, 0.3) is 0 Å². The van der Waals surface area contributed by atoms with E-state index in [2.05, 4.69) is 16.1 Å². The molecule has 2 aromatic carbocycles. The number of terminal acetylenes is 1. The molecule has 2 aromatic rings. The zero-order chi connectivity index (χ0) is 29.0. The normalized spacial score (nSPS) is 13.1. The molecule has 0 radical (unpaired) electrons. The number of phenolic OH excluding ortho intramolecular Hbond substituents is 1. The first-order valence-corrected chi connectivity index (χ1v) is 12.9. The van der Waals surface area contributed by atoms with Crippen molar-refractivity contribution in [3.8, 4) is 35.3 Å². The van der Waals surface area contributed by atoms with Crippen molar-refractivity contribution in [1.82, 2.24) is 0 Å². The molecule has 1 aliphatic heterocycles. The Kier molecular flexibility index (Phi) is 11.3. The highest BCUT2D eigenvalue weighted by atomic mass is 16.7. The Bertz CT molecular complexity index is 1300. The summed E-state index contributed by atoms with van der Waals surface area (Å²) in [6.45, 7) is 4.39. The molecular weight excluding hydrogens is 512 g/mol. The number of rotatable bonds is 17. The van der Waals surface area contributed by atoms with E-state index in [-0.39, 0.29) is 30.7 Å². The monoisotopic (exact) mass is 548 g/mol. The number of ether oxygens (including phenoxy) is 5. The maximum absolute atomic E-state index is 13.2. The van der Waals surface area contributed by atoms with Gasteiger partial charge in [0, 0.05) is 50.7 Å². The molecule has 3 rings (SSSR count). The highest BCUT2D eigenvalue weighted by Crippen LogP contribution is 2.38. The third kappa shape index (κ3) is 8.70. The minimum atomic E-state index is -0.463. The van der Waals surface area contributed by atoms with Gasteiger partial charge < -0.3 is 28.8 Å². The quantitative estimate of drug-likeness (QED) is 0.0836. The molecule has 0 amide bonds. The highest BCUT2D eigenvalue weighted by molar-refractivity contribution is 6.09. The lowest BCUT2D eigenvalue weighted by atomic mass is 10.00. The predicted octanol–water partition coefficient (Wildman–Crippen LogP) is 6.11. The smallest absolute Gasteiger partial charge is 0.195 e. The molecule has 1 aliphatic rings. The summed E-state index contributed by atoms with van der Waals surface area (Å²) in [6, 6.07) is 8.45. The number of nitrogens with zero attached hydrogens (tertiary/aromatic N) is 2. The topological polar surface area (TPSA) is 108 Å². The Hall–Kier alpha value is -4.13. The van der Waals surface area contributed by atoms with Crippen molar-refractivity contribution < 1.29 is 33.6 Å². The Labute approximate surface area is 235 Å². The van der Waals surface area contributed by atoms with Gasteiger partial charge in [-0.25, -0.2) is 0 Å². The van der Waals surface area contributed by atoms with E-state index in [9.17, 15) is 9.90 Å². The van der Waals surface area contributed by atoms with E-state index in [0.29, 0.717) is 60.7 Å². The maximum Gasteiger partial charge on any atom is 0.195 e. The van der Waals surface area contributed by atoms with E-state index in [1.54, 1.807) is 36.4 Å². The molecular formula is C31H36N2O7. The molecule has 0 spiro atoms. The highest BCUT2D eigenvalue weighted by Gasteiger charge is 2.39. The van der Waals surface area contributed by atoms with Gasteiger partial charge in [-0.3, -0.25) is 4.79 Å². The van der Waals surface area contributed by atoms with Crippen LogP contribution in [0.15, 0.2) is 58.3 Å². The molecule has 212 valence electrons. The van der Waals surface area contributed by atoms with Gasteiger partial charge in [-0.1, -0.05) is 11.6 Å². The van der Waals surface area contributed by atoms with Crippen LogP contribution in [0.2, 0.25) is 0 Å². The molecule has 0 bridgehead atoms. The van der Waals surface area contributed by atoms with Crippen LogP contribution in [0.4, 0.5) is 0 Å². The lowest BCUT2D eigenvalue weighted by molar-refractivity contribution is 0.0459. The maximum atomic E-state index is 13.2. The van der Waals surface area contributed by atoms with Gasteiger partial charge in [-0.2, -0.15) is 10.2 Å². The van der Waals surface area contributed by atoms with E-state index >= 15 is 0 Å². The van der Waals surface area contributed by atoms with E-state index < -0.39 is 5.66 Å². The summed E-state index contributed by atoms with van der Waals surface area (Å²) in [4.78, 5) is 13.2. The largest absolute Gasteiger partial charge is 0.507 e. The molecule has 0 fully saturated rings. The van der Waals surface area contributed by atoms with E-state index in [1.165, 1.54) is 20.3 Å². The first-order chi connectivity index (χ1) is 19.3. The molecule has 1 heterocycles. The Morgan fingerprint density at radius 1 is 1.02 bits per heavy atom. The van der Waals surface area contributed by atoms with Crippen LogP contribution >= 0.6 is 0 Å². The van der Waals surface area contributed by atoms with E-state index in [1.807, 2.05) is 19.9 Å². The average molecular weight is 549 g/mol. The van der Waals surface area contributed by atoms with Crippen LogP contribution in [-0.2, 0) is 15.9 Å². The molecule has 9 heteroatoms. The fraction of sp³-hybridized carbons (Fsp3) is 0.387. The standard InChI is InChI=1S/C31H36N2O7/c1-6-7-16-31(32-33-31)17-18-38-28-15-13-25(30(35)26(28)12-8-22(2)3)27(34)14-10-23-9-11-24(39-20-36-4)19-29(23)40-21-37-5/h1,8-11,13-15,19,35H,7,12,16-18,20-21H2,2-5H3/b14-10+. The lowest BCUT2D eigenvalue weighted by Gasteiger charge is -2.16. The summed E-state index contributed by atoms with van der Waals surface area (Å²) >= 11 is 0. The summed E-state index contributed by atoms with van der Waals surface area (Å²) in [7, 11) is 3.05. The van der Waals surface area contributed by atoms with E-state index in [0.717, 1.165) is 5.57 Å². The number of hydrogen-bond donors (Lipinski definition) is 1. The zero-order valence-corrected chi connectivity index (χ0v) is 23.4. The second-order valence-corrected chi connectivity index (χ2v) is 9.41. The first-order valence-electron chi connectivity index (χ1n) is 12.9. The fourth-order valence-electron chi connectivity index (χ4n) is 3.82. The third-order valence-corrected chi connectivity index (χ3v) is 6.11. The molecule has 9 nitrogen and oxygen atoms in total. The van der Waals surface area contributed by atoms with Crippen molar-refractivity contribution in [1.29, 1.82) is 0 Å². The number of benzene rings is 2. The van der Waals surface area contributed by atoms with Crippen LogP contribution in [-0.4, -0.2) is 51.0 Å². The predicted molar refractivity (Wildman–Crippen MR) is 152 cm³/mol. The minimum absolute atomic E-state index is 0.0196. The van der Waals surface area contributed by atoms with Crippen molar-refractivity contribution in [2.24, 2.45) is 10.2 Å². The number of allylic oxidation sites excluding steroid dienone is 3. The number of aromatic hydroxyl groups is 1. The summed E-state index contributed by atoms with van der Waals surface area (Å²) in [5, 5.41) is 19.4. The zero-order valence-electron chi connectivity index (χ0n) is 23.4. The minimum Gasteiger partial charge on any atom is -0.507 e. The fourth-order valence-corrected chi connectivity index (χ4v) is 3.82. The number of carbonyl (C=O) groups is 1. The summed E-state index contributed by atoms with van der Waals surface area (Å²) in [6.07, 6.45) is 12.6. The van der Waals surface area contributed by atoms with Crippen molar-refractivity contribution in [2.75, 3.05) is 34.4 Å². The molecule has 0 aliphatic carbocycles. The summed E-state index contributed by atoms with van der Waals surface area (Å²) < 4.78 is 27.1. The van der Waals surface area contributed by atoms with Crippen LogP contribution in [0.5, 0.6) is 23.0 Å². The first kappa shape index (κ1) is 30.4. The van der Waals surface area contributed by atoms with Crippen molar-refractivity contribution in [3.63, 3.8) is 0 Å². The van der Waals surface area contributed by atoms with Crippen molar-refractivity contribution >= 4 is 11.9 Å². The van der Waals surface area contributed by atoms with Crippen LogP contribution in [0, 0.1) is 12.3 Å². The van der Waals surface area contributed by atoms with Crippen molar-refractivity contribution in [2.45, 2.75) is 45.2 Å². The Morgan fingerprint density at radius 2 is 1.77 bits per heavy atom. The number of ketones is 1. The molecule has 1 N–H and O–H groups in total. The van der Waals surface area contributed by atoms with Gasteiger partial charge in [0.1, 0.15) is 23.0 Å². The average Bonchev–Trinajstić information content (AvgIpc) is 3.72. The van der Waals surface area contributed by atoms with Gasteiger partial charge in [0.2, 0.25) is 0 Å². The Morgan fingerprint density at radius 3 is 2.45 bits per heavy atom. The summed E-state index contributed by atoms with van der Waals surface area (Å²) in [5.41, 5.74) is 1.94. The molecule has 0 atom stereocenters. The molecule has 0 saturated heterocycles. The van der Waals surface area contributed by atoms with Crippen LogP contribution in [0.1, 0.15) is 54.6 Å². The molecule has 40 heavy (non-hydrogen) atoms. The third-order valence-electron chi connectivity index (χ3n) is 6.11. The van der Waals surface area contributed by atoms with Gasteiger partial charge in [-0.05, 0) is 56.7 Å². The Balaban J connectivity index is 1.80. The SMILES string of the molecule is C#CCCC1(CCOc2ccc(C(=O)/C=C/c3ccc(OCOC)cc3OCOC)c(O)c2CC=C(C)C)N=N1. The lowest BCUT2D eigenvalue weighted by Crippen LogP contribution is -2.15.